The molecule has 0 atom stereocenters. The highest BCUT2D eigenvalue weighted by Gasteiger charge is 2.34. The van der Waals surface area contributed by atoms with Gasteiger partial charge in [0.2, 0.25) is 5.95 Å². The number of anilines is 1. The van der Waals surface area contributed by atoms with Crippen molar-refractivity contribution in [3.63, 3.8) is 0 Å². The van der Waals surface area contributed by atoms with E-state index in [4.69, 9.17) is 9.72 Å². The second-order valence-electron chi connectivity index (χ2n) is 9.77. The molecule has 0 aliphatic rings. The Kier molecular flexibility index (Phi) is 9.34. The van der Waals surface area contributed by atoms with Crippen LogP contribution < -0.4 is 4.90 Å². The van der Waals surface area contributed by atoms with Gasteiger partial charge in [0.25, 0.3) is 0 Å². The lowest BCUT2D eigenvalue weighted by Gasteiger charge is -2.27. The van der Waals surface area contributed by atoms with Crippen LogP contribution in [0.5, 0.6) is 0 Å². The van der Waals surface area contributed by atoms with Crippen molar-refractivity contribution < 1.29 is 9.53 Å². The molecule has 2 heterocycles. The Hall–Kier alpha value is -1.97. The van der Waals surface area contributed by atoms with Crippen LogP contribution in [0.2, 0.25) is 0 Å². The highest BCUT2D eigenvalue weighted by atomic mass is 79.9. The standard InChI is InChI=1S/C26H33BrN4O2S2/c1-7-18-14-28-23(29-15-18)31(16-19-9-8-10-20(27)13-19)12-11-21-17-34-24(30-21)35-26(5,6)22(32)33-25(2,3)4/h8-10,13-15,17H,7,11-12,16H2,1-6H3. The Morgan fingerprint density at radius 3 is 2.49 bits per heavy atom. The Labute approximate surface area is 225 Å². The number of rotatable bonds is 10. The van der Waals surface area contributed by atoms with Gasteiger partial charge in [-0.1, -0.05) is 46.7 Å². The second-order valence-corrected chi connectivity index (χ2v) is 13.4. The molecule has 6 nitrogen and oxygen atoms in total. The zero-order valence-electron chi connectivity index (χ0n) is 21.2. The molecule has 0 aliphatic heterocycles. The summed E-state index contributed by atoms with van der Waals surface area (Å²) in [5.74, 6) is 0.470. The maximum Gasteiger partial charge on any atom is 0.322 e. The third-order valence-corrected chi connectivity index (χ3v) is 7.70. The molecule has 0 spiro atoms. The maximum absolute atomic E-state index is 12.6. The topological polar surface area (TPSA) is 68.2 Å². The Balaban J connectivity index is 1.69. The number of hydrogen-bond acceptors (Lipinski definition) is 8. The maximum atomic E-state index is 12.6. The first kappa shape index (κ1) is 27.6. The minimum absolute atomic E-state index is 0.236. The molecular weight excluding hydrogens is 544 g/mol. The molecule has 0 fully saturated rings. The number of hydrogen-bond donors (Lipinski definition) is 0. The first-order valence-electron chi connectivity index (χ1n) is 11.6. The van der Waals surface area contributed by atoms with E-state index in [9.17, 15) is 4.79 Å². The predicted octanol–water partition coefficient (Wildman–Crippen LogP) is 6.72. The molecule has 0 N–H and O–H groups in total. The van der Waals surface area contributed by atoms with Gasteiger partial charge in [-0.2, -0.15) is 0 Å². The summed E-state index contributed by atoms with van der Waals surface area (Å²) in [4.78, 5) is 28.8. The number of halogens is 1. The summed E-state index contributed by atoms with van der Waals surface area (Å²) in [6.07, 6.45) is 5.45. The number of thiazole rings is 1. The number of benzene rings is 1. The van der Waals surface area contributed by atoms with Crippen molar-refractivity contribution in [1.82, 2.24) is 15.0 Å². The number of carbonyl (C=O) groups is 1. The molecule has 188 valence electrons. The lowest BCUT2D eigenvalue weighted by molar-refractivity contribution is -0.156. The third-order valence-electron chi connectivity index (χ3n) is 5.05. The van der Waals surface area contributed by atoms with E-state index in [1.165, 1.54) is 17.3 Å². The smallest absolute Gasteiger partial charge is 0.322 e. The number of carbonyl (C=O) groups excluding carboxylic acids is 1. The number of esters is 1. The number of aryl methyl sites for hydroxylation is 1. The van der Waals surface area contributed by atoms with Gasteiger partial charge >= 0.3 is 5.97 Å². The van der Waals surface area contributed by atoms with Crippen LogP contribution in [0.3, 0.4) is 0 Å². The summed E-state index contributed by atoms with van der Waals surface area (Å²) in [5, 5.41) is 2.06. The fourth-order valence-corrected chi connectivity index (χ4v) is 5.87. The van der Waals surface area contributed by atoms with Crippen molar-refractivity contribution in [2.75, 3.05) is 11.4 Å². The molecule has 0 saturated heterocycles. The Bertz CT molecular complexity index is 1130. The zero-order valence-corrected chi connectivity index (χ0v) is 24.4. The van der Waals surface area contributed by atoms with Crippen LogP contribution in [0.15, 0.2) is 50.9 Å². The van der Waals surface area contributed by atoms with Crippen molar-refractivity contribution >= 4 is 50.9 Å². The van der Waals surface area contributed by atoms with Gasteiger partial charge in [-0.3, -0.25) is 4.79 Å². The molecule has 2 aromatic heterocycles. The molecule has 3 rings (SSSR count). The summed E-state index contributed by atoms with van der Waals surface area (Å²) in [6, 6.07) is 8.28. The van der Waals surface area contributed by atoms with Crippen molar-refractivity contribution in [2.45, 2.75) is 75.6 Å². The van der Waals surface area contributed by atoms with Crippen molar-refractivity contribution in [2.24, 2.45) is 0 Å². The SMILES string of the molecule is CCc1cnc(N(CCc2csc(SC(C)(C)C(=O)OC(C)(C)C)n2)Cc2cccc(Br)c2)nc1. The van der Waals surface area contributed by atoms with Crippen molar-refractivity contribution in [3.8, 4) is 0 Å². The summed E-state index contributed by atoms with van der Waals surface area (Å²) in [7, 11) is 0. The second kappa shape index (κ2) is 11.8. The summed E-state index contributed by atoms with van der Waals surface area (Å²) in [6.45, 7) is 12.9. The van der Waals surface area contributed by atoms with E-state index in [2.05, 4.69) is 55.2 Å². The first-order chi connectivity index (χ1) is 16.4. The molecular formula is C26H33BrN4O2S2. The van der Waals surface area contributed by atoms with E-state index >= 15 is 0 Å². The highest BCUT2D eigenvalue weighted by Crippen LogP contribution is 2.36. The normalized spacial score (nSPS) is 12.0. The molecule has 0 amide bonds. The molecule has 9 heteroatoms. The fraction of sp³-hybridized carbons (Fsp3) is 0.462. The minimum Gasteiger partial charge on any atom is -0.459 e. The predicted molar refractivity (Wildman–Crippen MR) is 148 cm³/mol. The molecule has 0 radical (unpaired) electrons. The summed E-state index contributed by atoms with van der Waals surface area (Å²) in [5.41, 5.74) is 2.76. The number of ether oxygens (including phenoxy) is 1. The minimum atomic E-state index is -0.718. The highest BCUT2D eigenvalue weighted by molar-refractivity contribution is 9.10. The molecule has 1 aromatic carbocycles. The largest absolute Gasteiger partial charge is 0.459 e. The van der Waals surface area contributed by atoms with Gasteiger partial charge in [-0.15, -0.1) is 11.3 Å². The van der Waals surface area contributed by atoms with E-state index in [-0.39, 0.29) is 5.97 Å². The van der Waals surface area contributed by atoms with Crippen LogP contribution in [0.25, 0.3) is 0 Å². The molecule has 0 bridgehead atoms. The van der Waals surface area contributed by atoms with Gasteiger partial charge in [0.15, 0.2) is 4.34 Å². The van der Waals surface area contributed by atoms with Gasteiger partial charge in [0, 0.05) is 41.8 Å². The number of nitrogens with zero attached hydrogens (tertiary/aromatic N) is 4. The molecule has 0 unspecified atom stereocenters. The fourth-order valence-electron chi connectivity index (χ4n) is 3.16. The monoisotopic (exact) mass is 576 g/mol. The van der Waals surface area contributed by atoms with Gasteiger partial charge in [-0.05, 0) is 64.3 Å². The van der Waals surface area contributed by atoms with Gasteiger partial charge in [0.05, 0.1) is 5.69 Å². The average Bonchev–Trinajstić information content (AvgIpc) is 3.22. The quantitative estimate of drug-likeness (QED) is 0.196. The van der Waals surface area contributed by atoms with Gasteiger partial charge in [-0.25, -0.2) is 15.0 Å². The third kappa shape index (κ3) is 8.58. The number of aromatic nitrogens is 3. The molecule has 35 heavy (non-hydrogen) atoms. The van der Waals surface area contributed by atoms with Crippen molar-refractivity contribution in [1.29, 1.82) is 0 Å². The van der Waals surface area contributed by atoms with E-state index in [0.29, 0.717) is 12.5 Å². The van der Waals surface area contributed by atoms with E-state index in [0.717, 1.165) is 39.5 Å². The lowest BCUT2D eigenvalue weighted by Crippen LogP contribution is -2.36. The van der Waals surface area contributed by atoms with Crippen LogP contribution in [-0.2, 0) is 28.9 Å². The van der Waals surface area contributed by atoms with Crippen LogP contribution in [-0.4, -0.2) is 37.8 Å². The summed E-state index contributed by atoms with van der Waals surface area (Å²) < 4.78 is 6.77. The zero-order chi connectivity index (χ0) is 25.6. The van der Waals surface area contributed by atoms with E-state index in [1.807, 2.05) is 59.1 Å². The van der Waals surface area contributed by atoms with E-state index < -0.39 is 10.3 Å². The molecule has 0 aliphatic carbocycles. The van der Waals surface area contributed by atoms with Gasteiger partial charge < -0.3 is 9.64 Å². The Morgan fingerprint density at radius 1 is 1.14 bits per heavy atom. The van der Waals surface area contributed by atoms with Gasteiger partial charge in [0.1, 0.15) is 10.3 Å². The molecule has 0 saturated carbocycles. The molecule has 3 aromatic rings. The number of thioether (sulfide) groups is 1. The van der Waals surface area contributed by atoms with Crippen LogP contribution in [0.1, 0.15) is 58.4 Å². The van der Waals surface area contributed by atoms with Crippen molar-refractivity contribution in [3.05, 3.63) is 63.3 Å². The van der Waals surface area contributed by atoms with E-state index in [1.54, 1.807) is 11.3 Å². The van der Waals surface area contributed by atoms with Crippen LogP contribution in [0.4, 0.5) is 5.95 Å². The first-order valence-corrected chi connectivity index (χ1v) is 14.1. The van der Waals surface area contributed by atoms with Crippen LogP contribution >= 0.6 is 39.0 Å². The average molecular weight is 578 g/mol. The summed E-state index contributed by atoms with van der Waals surface area (Å²) >= 11 is 6.56. The lowest BCUT2D eigenvalue weighted by atomic mass is 10.1. The Morgan fingerprint density at radius 2 is 1.86 bits per heavy atom. The van der Waals surface area contributed by atoms with Crippen LogP contribution in [0, 0.1) is 0 Å².